The number of fused-ring (bicyclic) bond motifs is 1. The van der Waals surface area contributed by atoms with Crippen LogP contribution in [0.1, 0.15) is 65.8 Å². The molecule has 3 aromatic heterocycles. The molecule has 0 radical (unpaired) electrons. The summed E-state index contributed by atoms with van der Waals surface area (Å²) in [7, 11) is 0. The number of nitrogens with zero attached hydrogens (tertiary/aromatic N) is 6. The maximum Gasteiger partial charge on any atom is 0.260 e. The summed E-state index contributed by atoms with van der Waals surface area (Å²) in [6, 6.07) is 7.57. The molecule has 2 aliphatic rings. The summed E-state index contributed by atoms with van der Waals surface area (Å²) < 4.78 is 9.88. The Labute approximate surface area is 203 Å². The zero-order chi connectivity index (χ0) is 24.1. The highest BCUT2D eigenvalue weighted by Crippen LogP contribution is 2.40. The zero-order valence-electron chi connectivity index (χ0n) is 20.0. The van der Waals surface area contributed by atoms with Gasteiger partial charge in [0.2, 0.25) is 0 Å². The summed E-state index contributed by atoms with van der Waals surface area (Å²) in [5, 5.41) is 11.2. The molecule has 1 fully saturated rings. The molecular weight excluding hydrogens is 442 g/mol. The molecule has 178 valence electrons. The van der Waals surface area contributed by atoms with Gasteiger partial charge in [0.05, 0.1) is 29.9 Å². The minimum Gasteiger partial charge on any atom is -0.492 e. The number of hydrogen-bond acceptors (Lipinski definition) is 6. The standard InChI is InChI=1S/C26H27N7O2/c1-15(2)33-14-28-31-25(33)20-5-4-6-23(29-20)30-26(34)19-11-22(16(3)18-9-10-35-24(18)19)32-12-21(27-13-32)17-7-8-17/h4-6,11-15,17H,7-10H2,1-3H3,(H,29,30,34). The Hall–Kier alpha value is -4.01. The lowest BCUT2D eigenvalue weighted by atomic mass is 9.99. The van der Waals surface area contributed by atoms with Crippen LogP contribution < -0.4 is 10.1 Å². The Morgan fingerprint density at radius 3 is 2.89 bits per heavy atom. The predicted octanol–water partition coefficient (Wildman–Crippen LogP) is 4.48. The molecule has 0 spiro atoms. The number of aromatic nitrogens is 6. The number of anilines is 1. The van der Waals surface area contributed by atoms with E-state index in [1.54, 1.807) is 12.4 Å². The van der Waals surface area contributed by atoms with Crippen LogP contribution in [-0.4, -0.2) is 41.8 Å². The minimum atomic E-state index is -0.262. The first-order chi connectivity index (χ1) is 17.0. The fourth-order valence-electron chi connectivity index (χ4n) is 4.63. The lowest BCUT2D eigenvalue weighted by Gasteiger charge is -2.15. The third-order valence-corrected chi connectivity index (χ3v) is 6.71. The van der Waals surface area contributed by atoms with E-state index >= 15 is 0 Å². The van der Waals surface area contributed by atoms with Gasteiger partial charge in [0.25, 0.3) is 5.91 Å². The molecule has 1 saturated carbocycles. The van der Waals surface area contributed by atoms with Crippen molar-refractivity contribution in [3.8, 4) is 23.0 Å². The SMILES string of the molecule is Cc1c(-n2cnc(C3CC3)c2)cc(C(=O)Nc2cccc(-c3nncn3C(C)C)n2)c2c1CCO2. The van der Waals surface area contributed by atoms with Gasteiger partial charge in [-0.2, -0.15) is 0 Å². The summed E-state index contributed by atoms with van der Waals surface area (Å²) in [5.41, 5.74) is 5.39. The van der Waals surface area contributed by atoms with Gasteiger partial charge >= 0.3 is 0 Å². The van der Waals surface area contributed by atoms with Gasteiger partial charge in [0.1, 0.15) is 23.6 Å². The number of ether oxygens (including phenoxy) is 1. The predicted molar refractivity (Wildman–Crippen MR) is 131 cm³/mol. The second kappa shape index (κ2) is 8.33. The molecule has 1 aliphatic carbocycles. The largest absolute Gasteiger partial charge is 0.492 e. The normalized spacial score (nSPS) is 14.7. The van der Waals surface area contributed by atoms with E-state index in [1.807, 2.05) is 33.7 Å². The third-order valence-electron chi connectivity index (χ3n) is 6.71. The molecule has 9 heteroatoms. The van der Waals surface area contributed by atoms with Gasteiger partial charge < -0.3 is 19.2 Å². The lowest BCUT2D eigenvalue weighted by molar-refractivity contribution is 0.102. The van der Waals surface area contributed by atoms with Gasteiger partial charge in [0, 0.05) is 30.1 Å². The van der Waals surface area contributed by atoms with Crippen molar-refractivity contribution in [2.24, 2.45) is 0 Å². The average Bonchev–Trinajstić information content (AvgIpc) is 3.25. The molecule has 4 aromatic rings. The van der Waals surface area contributed by atoms with Crippen molar-refractivity contribution in [1.29, 1.82) is 0 Å². The quantitative estimate of drug-likeness (QED) is 0.447. The Kier molecular flexibility index (Phi) is 5.12. The number of amides is 1. The molecule has 4 heterocycles. The van der Waals surface area contributed by atoms with Gasteiger partial charge in [-0.25, -0.2) is 9.97 Å². The first kappa shape index (κ1) is 21.5. The van der Waals surface area contributed by atoms with E-state index in [1.165, 1.54) is 12.8 Å². The van der Waals surface area contributed by atoms with Crippen LogP contribution in [0.4, 0.5) is 5.82 Å². The van der Waals surface area contributed by atoms with Gasteiger partial charge in [-0.1, -0.05) is 6.07 Å². The number of pyridine rings is 1. The summed E-state index contributed by atoms with van der Waals surface area (Å²) in [6.07, 6.45) is 8.78. The summed E-state index contributed by atoms with van der Waals surface area (Å²) in [5.74, 6) is 2.06. The van der Waals surface area contributed by atoms with Gasteiger partial charge in [0.15, 0.2) is 5.82 Å². The summed E-state index contributed by atoms with van der Waals surface area (Å²) in [6.45, 7) is 6.76. The molecule has 35 heavy (non-hydrogen) atoms. The Morgan fingerprint density at radius 2 is 2.09 bits per heavy atom. The van der Waals surface area contributed by atoms with Crippen LogP contribution in [0.2, 0.25) is 0 Å². The smallest absolute Gasteiger partial charge is 0.260 e. The average molecular weight is 470 g/mol. The highest BCUT2D eigenvalue weighted by atomic mass is 16.5. The van der Waals surface area contributed by atoms with E-state index in [0.29, 0.717) is 41.2 Å². The van der Waals surface area contributed by atoms with Gasteiger partial charge in [-0.15, -0.1) is 10.2 Å². The number of benzene rings is 1. The molecule has 1 amide bonds. The number of rotatable bonds is 6. The number of hydrogen-bond donors (Lipinski definition) is 1. The molecule has 1 aliphatic heterocycles. The van der Waals surface area contributed by atoms with Crippen molar-refractivity contribution in [2.75, 3.05) is 11.9 Å². The number of imidazole rings is 1. The maximum absolute atomic E-state index is 13.5. The van der Waals surface area contributed by atoms with Crippen molar-refractivity contribution in [1.82, 2.24) is 29.3 Å². The first-order valence-electron chi connectivity index (χ1n) is 12.0. The van der Waals surface area contributed by atoms with Crippen LogP contribution in [0.3, 0.4) is 0 Å². The molecule has 0 unspecified atom stereocenters. The van der Waals surface area contributed by atoms with Crippen molar-refractivity contribution in [2.45, 2.75) is 52.0 Å². The first-order valence-corrected chi connectivity index (χ1v) is 12.0. The third kappa shape index (κ3) is 3.86. The van der Waals surface area contributed by atoms with Crippen molar-refractivity contribution < 1.29 is 9.53 Å². The molecule has 0 saturated heterocycles. The molecule has 1 aromatic carbocycles. The highest BCUT2D eigenvalue weighted by Gasteiger charge is 2.28. The number of nitrogens with one attached hydrogen (secondary N) is 1. The molecule has 9 nitrogen and oxygen atoms in total. The molecular formula is C26H27N7O2. The lowest BCUT2D eigenvalue weighted by Crippen LogP contribution is -2.15. The number of carbonyl (C=O) groups is 1. The molecule has 6 rings (SSSR count). The van der Waals surface area contributed by atoms with Crippen molar-refractivity contribution in [3.05, 3.63) is 65.5 Å². The van der Waals surface area contributed by atoms with E-state index < -0.39 is 0 Å². The Morgan fingerprint density at radius 1 is 1.23 bits per heavy atom. The van der Waals surface area contributed by atoms with E-state index in [4.69, 9.17) is 4.74 Å². The fraction of sp³-hybridized carbons (Fsp3) is 0.346. The van der Waals surface area contributed by atoms with Crippen LogP contribution in [0, 0.1) is 6.92 Å². The highest BCUT2D eigenvalue weighted by molar-refractivity contribution is 6.07. The van der Waals surface area contributed by atoms with Crippen molar-refractivity contribution in [3.63, 3.8) is 0 Å². The minimum absolute atomic E-state index is 0.189. The summed E-state index contributed by atoms with van der Waals surface area (Å²) >= 11 is 0. The number of carbonyl (C=O) groups excluding carboxylic acids is 1. The van der Waals surface area contributed by atoms with E-state index in [9.17, 15) is 4.79 Å². The van der Waals surface area contributed by atoms with E-state index in [-0.39, 0.29) is 11.9 Å². The van der Waals surface area contributed by atoms with E-state index in [0.717, 1.165) is 28.9 Å². The van der Waals surface area contributed by atoms with Crippen LogP contribution in [0.25, 0.3) is 17.2 Å². The second-order valence-electron chi connectivity index (χ2n) is 9.47. The topological polar surface area (TPSA) is 99.8 Å². The Balaban J connectivity index is 1.34. The fourth-order valence-corrected chi connectivity index (χ4v) is 4.63. The maximum atomic E-state index is 13.5. The molecule has 0 bridgehead atoms. The molecule has 1 N–H and O–H groups in total. The van der Waals surface area contributed by atoms with Crippen LogP contribution in [-0.2, 0) is 6.42 Å². The van der Waals surface area contributed by atoms with E-state index in [2.05, 4.69) is 52.5 Å². The van der Waals surface area contributed by atoms with Crippen LogP contribution in [0.15, 0.2) is 43.1 Å². The zero-order valence-corrected chi connectivity index (χ0v) is 20.0. The monoisotopic (exact) mass is 469 g/mol. The second-order valence-corrected chi connectivity index (χ2v) is 9.47. The van der Waals surface area contributed by atoms with Crippen LogP contribution in [0.5, 0.6) is 5.75 Å². The van der Waals surface area contributed by atoms with Crippen molar-refractivity contribution >= 4 is 11.7 Å². The van der Waals surface area contributed by atoms with Crippen LogP contribution >= 0.6 is 0 Å². The summed E-state index contributed by atoms with van der Waals surface area (Å²) in [4.78, 5) is 22.7. The van der Waals surface area contributed by atoms with Gasteiger partial charge in [-0.05, 0) is 57.4 Å². The van der Waals surface area contributed by atoms with Gasteiger partial charge in [-0.3, -0.25) is 4.79 Å². The Bertz CT molecular complexity index is 1430. The molecule has 0 atom stereocenters.